The molecule has 0 aliphatic carbocycles. The summed E-state index contributed by atoms with van der Waals surface area (Å²) in [5.74, 6) is 1.66. The Balaban J connectivity index is 0.00000144. The van der Waals surface area contributed by atoms with Crippen LogP contribution in [0.4, 0.5) is 0 Å². The Morgan fingerprint density at radius 3 is 2.54 bits per heavy atom. The van der Waals surface area contributed by atoms with Crippen LogP contribution in [-0.2, 0) is 0 Å². The van der Waals surface area contributed by atoms with Crippen molar-refractivity contribution in [3.05, 3.63) is 23.2 Å². The van der Waals surface area contributed by atoms with Gasteiger partial charge in [0.2, 0.25) is 0 Å². The van der Waals surface area contributed by atoms with Crippen molar-refractivity contribution in [3.8, 4) is 0 Å². The summed E-state index contributed by atoms with van der Waals surface area (Å²) in [6, 6.07) is 1.75. The van der Waals surface area contributed by atoms with Crippen LogP contribution in [0.2, 0.25) is 0 Å². The average molecular weight is 206 g/mol. The molecule has 0 aliphatic rings. The molecule has 0 radical (unpaired) electrons. The van der Waals surface area contributed by atoms with Gasteiger partial charge >= 0.3 is 0 Å². The summed E-state index contributed by atoms with van der Waals surface area (Å²) >= 11 is 0. The van der Waals surface area contributed by atoms with Crippen molar-refractivity contribution in [2.45, 2.75) is 26.3 Å². The zero-order valence-corrected chi connectivity index (χ0v) is 8.73. The zero-order valence-electron chi connectivity index (χ0n) is 7.91. The van der Waals surface area contributed by atoms with Gasteiger partial charge in [-0.1, -0.05) is 0 Å². The summed E-state index contributed by atoms with van der Waals surface area (Å²) in [5, 5.41) is 8.65. The molecule has 0 bridgehead atoms. The van der Waals surface area contributed by atoms with Crippen molar-refractivity contribution in [2.75, 3.05) is 6.61 Å². The number of rotatable bonds is 3. The minimum atomic E-state index is -0.178. The fourth-order valence-corrected chi connectivity index (χ4v) is 1.07. The molecule has 1 aromatic heterocycles. The van der Waals surface area contributed by atoms with E-state index in [1.165, 1.54) is 0 Å². The molecule has 1 atom stereocenters. The molecule has 0 amide bonds. The fraction of sp³-hybridized carbons (Fsp3) is 0.556. The van der Waals surface area contributed by atoms with E-state index in [0.717, 1.165) is 17.1 Å². The Morgan fingerprint density at radius 2 is 2.15 bits per heavy atom. The second-order valence-corrected chi connectivity index (χ2v) is 3.01. The van der Waals surface area contributed by atoms with Crippen LogP contribution in [0.25, 0.3) is 0 Å². The van der Waals surface area contributed by atoms with Crippen LogP contribution in [-0.4, -0.2) is 11.7 Å². The number of hydrogen-bond acceptors (Lipinski definition) is 3. The molecular formula is C9H16ClNO2. The highest BCUT2D eigenvalue weighted by atomic mass is 35.5. The fourth-order valence-electron chi connectivity index (χ4n) is 1.07. The molecule has 76 valence electrons. The van der Waals surface area contributed by atoms with Crippen molar-refractivity contribution in [1.29, 1.82) is 0 Å². The molecule has 1 rings (SSSR count). The molecule has 1 aromatic rings. The van der Waals surface area contributed by atoms with E-state index in [2.05, 4.69) is 0 Å². The van der Waals surface area contributed by atoms with E-state index in [-0.39, 0.29) is 25.1 Å². The smallest absolute Gasteiger partial charge is 0.121 e. The summed E-state index contributed by atoms with van der Waals surface area (Å²) in [4.78, 5) is 0. The van der Waals surface area contributed by atoms with E-state index < -0.39 is 0 Å². The second kappa shape index (κ2) is 5.27. The quantitative estimate of drug-likeness (QED) is 0.790. The van der Waals surface area contributed by atoms with Crippen molar-refractivity contribution in [3.63, 3.8) is 0 Å². The Labute approximate surface area is 84.3 Å². The molecular weight excluding hydrogens is 190 g/mol. The van der Waals surface area contributed by atoms with Gasteiger partial charge in [-0.2, -0.15) is 0 Å². The van der Waals surface area contributed by atoms with Gasteiger partial charge in [-0.3, -0.25) is 0 Å². The largest absolute Gasteiger partial charge is 0.464 e. The number of aliphatic hydroxyl groups excluding tert-OH is 1. The Bertz CT molecular complexity index is 241. The standard InChI is InChI=1S/C9H15NO2.ClH/c1-6-5-9(12-7(6)2)8(10)3-4-11;/h5,8,11H,3-4,10H2,1-2H3;1H/t8-;/m0./s1. The molecule has 0 fully saturated rings. The van der Waals surface area contributed by atoms with Gasteiger partial charge < -0.3 is 15.3 Å². The lowest BCUT2D eigenvalue weighted by molar-refractivity contribution is 0.268. The zero-order chi connectivity index (χ0) is 9.14. The third-order valence-corrected chi connectivity index (χ3v) is 1.99. The summed E-state index contributed by atoms with van der Waals surface area (Å²) in [6.07, 6.45) is 0.548. The predicted molar refractivity (Wildman–Crippen MR) is 54.1 cm³/mol. The Hall–Kier alpha value is -0.510. The van der Waals surface area contributed by atoms with Crippen LogP contribution < -0.4 is 5.73 Å². The Kier molecular flexibility index (Phi) is 5.06. The number of halogens is 1. The van der Waals surface area contributed by atoms with Gasteiger partial charge in [0.25, 0.3) is 0 Å². The average Bonchev–Trinajstić information content (AvgIpc) is 2.33. The van der Waals surface area contributed by atoms with Gasteiger partial charge in [-0.05, 0) is 31.9 Å². The number of aliphatic hydroxyl groups is 1. The molecule has 0 unspecified atom stereocenters. The van der Waals surface area contributed by atoms with Gasteiger partial charge in [-0.15, -0.1) is 12.4 Å². The summed E-state index contributed by atoms with van der Waals surface area (Å²) < 4.78 is 5.39. The third kappa shape index (κ3) is 3.03. The molecule has 0 saturated carbocycles. The van der Waals surface area contributed by atoms with Crippen LogP contribution in [0.5, 0.6) is 0 Å². The van der Waals surface area contributed by atoms with E-state index in [1.54, 1.807) is 0 Å². The SMILES string of the molecule is Cc1cc([C@@H](N)CCO)oc1C.Cl. The minimum absolute atomic E-state index is 0. The maximum Gasteiger partial charge on any atom is 0.121 e. The molecule has 4 heteroatoms. The van der Waals surface area contributed by atoms with Gasteiger partial charge in [0.1, 0.15) is 11.5 Å². The lowest BCUT2D eigenvalue weighted by atomic mass is 10.1. The summed E-state index contributed by atoms with van der Waals surface area (Å²) in [7, 11) is 0. The van der Waals surface area contributed by atoms with E-state index in [0.29, 0.717) is 6.42 Å². The first-order chi connectivity index (χ1) is 5.65. The lowest BCUT2D eigenvalue weighted by Gasteiger charge is -2.04. The van der Waals surface area contributed by atoms with Crippen LogP contribution in [0.15, 0.2) is 10.5 Å². The molecule has 3 N–H and O–H groups in total. The van der Waals surface area contributed by atoms with E-state index in [1.807, 2.05) is 19.9 Å². The summed E-state index contributed by atoms with van der Waals surface area (Å²) in [6.45, 7) is 3.98. The minimum Gasteiger partial charge on any atom is -0.464 e. The highest BCUT2D eigenvalue weighted by Gasteiger charge is 2.10. The summed E-state index contributed by atoms with van der Waals surface area (Å²) in [5.41, 5.74) is 6.84. The highest BCUT2D eigenvalue weighted by Crippen LogP contribution is 2.20. The van der Waals surface area contributed by atoms with Crippen LogP contribution in [0, 0.1) is 13.8 Å². The van der Waals surface area contributed by atoms with E-state index >= 15 is 0 Å². The monoisotopic (exact) mass is 205 g/mol. The number of nitrogens with two attached hydrogens (primary N) is 1. The van der Waals surface area contributed by atoms with Crippen molar-refractivity contribution >= 4 is 12.4 Å². The predicted octanol–water partition coefficient (Wildman–Crippen LogP) is 1.70. The van der Waals surface area contributed by atoms with Crippen LogP contribution in [0.3, 0.4) is 0 Å². The van der Waals surface area contributed by atoms with E-state index in [9.17, 15) is 0 Å². The number of furan rings is 1. The highest BCUT2D eigenvalue weighted by molar-refractivity contribution is 5.85. The van der Waals surface area contributed by atoms with Crippen molar-refractivity contribution in [2.24, 2.45) is 5.73 Å². The maximum absolute atomic E-state index is 8.65. The van der Waals surface area contributed by atoms with Crippen LogP contribution >= 0.6 is 12.4 Å². The van der Waals surface area contributed by atoms with Gasteiger partial charge in [0.15, 0.2) is 0 Å². The number of hydrogen-bond donors (Lipinski definition) is 2. The van der Waals surface area contributed by atoms with Gasteiger partial charge in [-0.25, -0.2) is 0 Å². The normalized spacial score (nSPS) is 12.3. The molecule has 0 spiro atoms. The molecule has 0 saturated heterocycles. The molecule has 0 aromatic carbocycles. The first-order valence-corrected chi connectivity index (χ1v) is 4.08. The van der Waals surface area contributed by atoms with E-state index in [4.69, 9.17) is 15.3 Å². The molecule has 0 aliphatic heterocycles. The first kappa shape index (κ1) is 12.5. The number of aryl methyl sites for hydroxylation is 2. The van der Waals surface area contributed by atoms with Crippen molar-refractivity contribution < 1.29 is 9.52 Å². The first-order valence-electron chi connectivity index (χ1n) is 4.08. The Morgan fingerprint density at radius 1 is 1.54 bits per heavy atom. The second-order valence-electron chi connectivity index (χ2n) is 3.01. The topological polar surface area (TPSA) is 59.4 Å². The van der Waals surface area contributed by atoms with Gasteiger partial charge in [0.05, 0.1) is 6.04 Å². The van der Waals surface area contributed by atoms with Crippen LogP contribution in [0.1, 0.15) is 29.5 Å². The lowest BCUT2D eigenvalue weighted by Crippen LogP contribution is -2.10. The molecule has 3 nitrogen and oxygen atoms in total. The molecule has 1 heterocycles. The van der Waals surface area contributed by atoms with Gasteiger partial charge in [0, 0.05) is 6.61 Å². The third-order valence-electron chi connectivity index (χ3n) is 1.99. The van der Waals surface area contributed by atoms with Crippen molar-refractivity contribution in [1.82, 2.24) is 0 Å². The maximum atomic E-state index is 8.65. The molecule has 13 heavy (non-hydrogen) atoms.